The highest BCUT2D eigenvalue weighted by molar-refractivity contribution is 6.08. The average molecular weight is 217 g/mol. The summed E-state index contributed by atoms with van der Waals surface area (Å²) >= 11 is 0. The summed E-state index contributed by atoms with van der Waals surface area (Å²) in [4.78, 5) is 14.8. The Bertz CT molecular complexity index is 492. The number of hydrogen-bond acceptors (Lipinski definition) is 3. The van der Waals surface area contributed by atoms with E-state index in [-0.39, 0.29) is 12.2 Å². The number of carbonyl (C=O) groups excluding carboxylic acids is 1. The minimum absolute atomic E-state index is 0.268. The molecule has 5 heteroatoms. The van der Waals surface area contributed by atoms with E-state index in [1.165, 1.54) is 6.92 Å². The van der Waals surface area contributed by atoms with Crippen molar-refractivity contribution in [1.82, 2.24) is 0 Å². The first kappa shape index (κ1) is 10.7. The van der Waals surface area contributed by atoms with E-state index in [0.717, 1.165) is 5.56 Å². The van der Waals surface area contributed by atoms with Crippen molar-refractivity contribution in [3.63, 3.8) is 0 Å². The van der Waals surface area contributed by atoms with E-state index in [4.69, 9.17) is 5.53 Å². The van der Waals surface area contributed by atoms with Crippen LogP contribution in [0.4, 0.5) is 0 Å². The van der Waals surface area contributed by atoms with Gasteiger partial charge in [0.2, 0.25) is 0 Å². The molecule has 0 radical (unpaired) electrons. The normalized spacial score (nSPS) is 24.8. The summed E-state index contributed by atoms with van der Waals surface area (Å²) in [5.41, 5.74) is 8.53. The van der Waals surface area contributed by atoms with Crippen molar-refractivity contribution in [2.24, 2.45) is 5.11 Å². The molecule has 5 nitrogen and oxygen atoms in total. The van der Waals surface area contributed by atoms with Gasteiger partial charge in [-0.15, -0.1) is 0 Å². The minimum atomic E-state index is -1.36. The van der Waals surface area contributed by atoms with E-state index in [0.29, 0.717) is 5.56 Å². The van der Waals surface area contributed by atoms with E-state index in [9.17, 15) is 9.90 Å². The largest absolute Gasteiger partial charge is 0.392 e. The van der Waals surface area contributed by atoms with Crippen LogP contribution in [0.15, 0.2) is 29.4 Å². The number of hydrogen-bond donors (Lipinski definition) is 1. The first-order valence-electron chi connectivity index (χ1n) is 4.99. The van der Waals surface area contributed by atoms with E-state index < -0.39 is 11.6 Å². The summed E-state index contributed by atoms with van der Waals surface area (Å²) in [5, 5.41) is 13.2. The zero-order valence-electron chi connectivity index (χ0n) is 8.79. The maximum absolute atomic E-state index is 12.1. The fourth-order valence-electron chi connectivity index (χ4n) is 2.08. The molecule has 1 aliphatic carbocycles. The van der Waals surface area contributed by atoms with Gasteiger partial charge in [-0.2, -0.15) is 0 Å². The highest BCUT2D eigenvalue weighted by Crippen LogP contribution is 2.35. The van der Waals surface area contributed by atoms with Crippen LogP contribution in [0.1, 0.15) is 22.8 Å². The van der Waals surface area contributed by atoms with Crippen LogP contribution < -0.4 is 0 Å². The SMILES string of the molecule is C[C@@H](O)[C@@]1(N=[N+]=[N-])Cc2ccccc2C1=O. The maximum Gasteiger partial charge on any atom is 0.178 e. The predicted molar refractivity (Wildman–Crippen MR) is 58.0 cm³/mol. The number of fused-ring (bicyclic) bond motifs is 1. The molecule has 0 bridgehead atoms. The standard InChI is InChI=1S/C11H11N3O2/c1-7(15)11(13-14-12)6-8-4-2-3-5-9(8)10(11)16/h2-5,7,15H,6H2,1H3/t7-,11+/m1/s1. The molecule has 0 unspecified atom stereocenters. The molecule has 2 atom stereocenters. The second kappa shape index (κ2) is 3.63. The Morgan fingerprint density at radius 3 is 2.81 bits per heavy atom. The molecule has 0 amide bonds. The number of rotatable bonds is 2. The van der Waals surface area contributed by atoms with Gasteiger partial charge in [0.1, 0.15) is 5.54 Å². The molecule has 0 fully saturated rings. The van der Waals surface area contributed by atoms with Crippen molar-refractivity contribution in [3.05, 3.63) is 45.8 Å². The van der Waals surface area contributed by atoms with E-state index >= 15 is 0 Å². The van der Waals surface area contributed by atoms with Crippen LogP contribution in [0.3, 0.4) is 0 Å². The van der Waals surface area contributed by atoms with Crippen LogP contribution in [-0.4, -0.2) is 22.5 Å². The maximum atomic E-state index is 12.1. The lowest BCUT2D eigenvalue weighted by Crippen LogP contribution is -2.44. The summed E-state index contributed by atoms with van der Waals surface area (Å²) in [5.74, 6) is -0.295. The van der Waals surface area contributed by atoms with Gasteiger partial charge in [-0.25, -0.2) is 0 Å². The average Bonchev–Trinajstić information content (AvgIpc) is 2.55. The lowest BCUT2D eigenvalue weighted by molar-refractivity contribution is 0.0669. The Hall–Kier alpha value is -1.84. The molecule has 0 aliphatic heterocycles. The quantitative estimate of drug-likeness (QED) is 0.465. The molecule has 1 aliphatic rings. The fourth-order valence-corrected chi connectivity index (χ4v) is 2.08. The Balaban J connectivity index is 2.57. The van der Waals surface area contributed by atoms with Gasteiger partial charge >= 0.3 is 0 Å². The van der Waals surface area contributed by atoms with Crippen LogP contribution >= 0.6 is 0 Å². The third-order valence-electron chi connectivity index (χ3n) is 3.03. The van der Waals surface area contributed by atoms with E-state index in [1.54, 1.807) is 12.1 Å². The molecule has 2 rings (SSSR count). The van der Waals surface area contributed by atoms with Crippen LogP contribution in [0.5, 0.6) is 0 Å². The van der Waals surface area contributed by atoms with Gasteiger partial charge in [-0.1, -0.05) is 29.4 Å². The van der Waals surface area contributed by atoms with Gasteiger partial charge in [0.15, 0.2) is 5.78 Å². The zero-order valence-corrected chi connectivity index (χ0v) is 8.79. The topological polar surface area (TPSA) is 86.1 Å². The van der Waals surface area contributed by atoms with Crippen molar-refractivity contribution < 1.29 is 9.90 Å². The number of nitrogens with zero attached hydrogens (tertiary/aromatic N) is 3. The molecule has 0 spiro atoms. The monoisotopic (exact) mass is 217 g/mol. The summed E-state index contributed by atoms with van der Waals surface area (Å²) in [6.07, 6.45) is -0.729. The third kappa shape index (κ3) is 1.30. The van der Waals surface area contributed by atoms with Gasteiger partial charge in [0, 0.05) is 10.5 Å². The Kier molecular flexibility index (Phi) is 2.42. The molecule has 82 valence electrons. The number of benzene rings is 1. The summed E-state index contributed by atoms with van der Waals surface area (Å²) in [6, 6.07) is 7.07. The molecule has 0 saturated heterocycles. The highest BCUT2D eigenvalue weighted by atomic mass is 16.3. The van der Waals surface area contributed by atoms with Crippen molar-refractivity contribution in [3.8, 4) is 0 Å². The zero-order chi connectivity index (χ0) is 11.8. The van der Waals surface area contributed by atoms with Crippen LogP contribution in [0, 0.1) is 0 Å². The minimum Gasteiger partial charge on any atom is -0.392 e. The molecule has 0 aromatic heterocycles. The second-order valence-electron chi connectivity index (χ2n) is 3.95. The van der Waals surface area contributed by atoms with Gasteiger partial charge < -0.3 is 5.11 Å². The van der Waals surface area contributed by atoms with Crippen LogP contribution in [0.25, 0.3) is 10.4 Å². The lowest BCUT2D eigenvalue weighted by atomic mass is 9.90. The summed E-state index contributed by atoms with van der Waals surface area (Å²) in [7, 11) is 0. The van der Waals surface area contributed by atoms with Crippen molar-refractivity contribution in [2.75, 3.05) is 0 Å². The number of Topliss-reactive ketones (excluding diaryl/α,β-unsaturated/α-hetero) is 1. The number of aliphatic hydroxyl groups is 1. The molecular formula is C11H11N3O2. The van der Waals surface area contributed by atoms with E-state index in [1.807, 2.05) is 12.1 Å². The van der Waals surface area contributed by atoms with Gasteiger partial charge in [0.25, 0.3) is 0 Å². The number of aliphatic hydroxyl groups excluding tert-OH is 1. The highest BCUT2D eigenvalue weighted by Gasteiger charge is 2.48. The van der Waals surface area contributed by atoms with Crippen molar-refractivity contribution in [2.45, 2.75) is 25.0 Å². The molecule has 1 aromatic rings. The molecular weight excluding hydrogens is 206 g/mol. The van der Waals surface area contributed by atoms with Gasteiger partial charge in [-0.3, -0.25) is 4.79 Å². The van der Waals surface area contributed by atoms with Crippen molar-refractivity contribution >= 4 is 5.78 Å². The van der Waals surface area contributed by atoms with E-state index in [2.05, 4.69) is 10.0 Å². The number of ketones is 1. The molecule has 1 N–H and O–H groups in total. The summed E-state index contributed by atoms with van der Waals surface area (Å²) in [6.45, 7) is 1.47. The molecule has 16 heavy (non-hydrogen) atoms. The molecule has 1 aromatic carbocycles. The fraction of sp³-hybridized carbons (Fsp3) is 0.364. The lowest BCUT2D eigenvalue weighted by Gasteiger charge is -2.24. The Morgan fingerprint density at radius 2 is 2.25 bits per heavy atom. The Morgan fingerprint density at radius 1 is 1.56 bits per heavy atom. The number of carbonyl (C=O) groups is 1. The first-order valence-corrected chi connectivity index (χ1v) is 4.99. The Labute approximate surface area is 92.3 Å². The predicted octanol–water partition coefficient (Wildman–Crippen LogP) is 1.86. The van der Waals surface area contributed by atoms with Crippen LogP contribution in [0.2, 0.25) is 0 Å². The molecule has 0 heterocycles. The van der Waals surface area contributed by atoms with Gasteiger partial charge in [0.05, 0.1) is 6.10 Å². The third-order valence-corrected chi connectivity index (χ3v) is 3.03. The second-order valence-corrected chi connectivity index (χ2v) is 3.95. The molecule has 0 saturated carbocycles. The van der Waals surface area contributed by atoms with Crippen molar-refractivity contribution in [1.29, 1.82) is 0 Å². The summed E-state index contributed by atoms with van der Waals surface area (Å²) < 4.78 is 0. The first-order chi connectivity index (χ1) is 7.62. The number of azide groups is 1. The van der Waals surface area contributed by atoms with Gasteiger partial charge in [-0.05, 0) is 24.4 Å². The van der Waals surface area contributed by atoms with Crippen LogP contribution in [-0.2, 0) is 6.42 Å². The smallest absolute Gasteiger partial charge is 0.178 e.